The van der Waals surface area contributed by atoms with Gasteiger partial charge in [-0.2, -0.15) is 0 Å². The van der Waals surface area contributed by atoms with Crippen molar-refractivity contribution in [1.29, 1.82) is 0 Å². The molecule has 3 aromatic carbocycles. The standard InChI is InChI=1S/C29H33N3O3/c1-3-21(2)30-29(34)26-17-25(31-28(33)20-35-19-22-9-5-4-6-10-22)13-14-27(26)32-16-15-23-11-7-8-12-24(23)18-32/h4-14,17,21H,3,15-16,18-20H2,1-2H3,(H,30,34)(H,31,33). The Bertz CT molecular complexity index is 1160. The van der Waals surface area contributed by atoms with Crippen molar-refractivity contribution in [3.05, 3.63) is 95.1 Å². The average molecular weight is 472 g/mol. The van der Waals surface area contributed by atoms with Crippen molar-refractivity contribution in [2.45, 2.75) is 45.9 Å². The zero-order valence-corrected chi connectivity index (χ0v) is 20.4. The number of hydrogen-bond donors (Lipinski definition) is 2. The van der Waals surface area contributed by atoms with E-state index in [1.807, 2.05) is 56.3 Å². The molecule has 35 heavy (non-hydrogen) atoms. The van der Waals surface area contributed by atoms with Crippen molar-refractivity contribution >= 4 is 23.2 Å². The van der Waals surface area contributed by atoms with Crippen LogP contribution in [-0.4, -0.2) is 31.0 Å². The number of ether oxygens (including phenoxy) is 1. The first-order chi connectivity index (χ1) is 17.0. The lowest BCUT2D eigenvalue weighted by molar-refractivity contribution is -0.121. The van der Waals surface area contributed by atoms with Gasteiger partial charge in [-0.15, -0.1) is 0 Å². The summed E-state index contributed by atoms with van der Waals surface area (Å²) in [6, 6.07) is 23.8. The topological polar surface area (TPSA) is 70.7 Å². The molecule has 0 saturated heterocycles. The van der Waals surface area contributed by atoms with E-state index in [1.165, 1.54) is 11.1 Å². The second-order valence-electron chi connectivity index (χ2n) is 8.98. The molecule has 6 heteroatoms. The molecule has 1 atom stereocenters. The lowest BCUT2D eigenvalue weighted by atomic mass is 9.98. The van der Waals surface area contributed by atoms with Crippen LogP contribution >= 0.6 is 0 Å². The summed E-state index contributed by atoms with van der Waals surface area (Å²) in [4.78, 5) is 27.9. The van der Waals surface area contributed by atoms with E-state index in [4.69, 9.17) is 4.74 Å². The molecule has 0 spiro atoms. The van der Waals surface area contributed by atoms with E-state index in [-0.39, 0.29) is 24.5 Å². The van der Waals surface area contributed by atoms with Gasteiger partial charge in [-0.25, -0.2) is 0 Å². The average Bonchev–Trinajstić information content (AvgIpc) is 2.89. The Labute approximate surface area is 207 Å². The van der Waals surface area contributed by atoms with Crippen LogP contribution in [-0.2, 0) is 29.1 Å². The molecule has 1 unspecified atom stereocenters. The number of carbonyl (C=O) groups is 2. The van der Waals surface area contributed by atoms with Gasteiger partial charge < -0.3 is 20.3 Å². The minimum Gasteiger partial charge on any atom is -0.367 e. The highest BCUT2D eigenvalue weighted by Crippen LogP contribution is 2.29. The van der Waals surface area contributed by atoms with E-state index < -0.39 is 0 Å². The van der Waals surface area contributed by atoms with E-state index in [0.29, 0.717) is 17.9 Å². The van der Waals surface area contributed by atoms with Crippen LogP contribution in [0.1, 0.15) is 47.3 Å². The molecule has 0 saturated carbocycles. The maximum absolute atomic E-state index is 13.2. The summed E-state index contributed by atoms with van der Waals surface area (Å²) >= 11 is 0. The third-order valence-corrected chi connectivity index (χ3v) is 6.33. The predicted molar refractivity (Wildman–Crippen MR) is 140 cm³/mol. The van der Waals surface area contributed by atoms with Crippen molar-refractivity contribution in [2.24, 2.45) is 0 Å². The Morgan fingerprint density at radius 3 is 2.51 bits per heavy atom. The molecule has 0 aromatic heterocycles. The molecule has 1 aliphatic heterocycles. The van der Waals surface area contributed by atoms with Gasteiger partial charge in [-0.1, -0.05) is 61.5 Å². The summed E-state index contributed by atoms with van der Waals surface area (Å²) in [5, 5.41) is 5.95. The van der Waals surface area contributed by atoms with Gasteiger partial charge >= 0.3 is 0 Å². The van der Waals surface area contributed by atoms with Gasteiger partial charge in [-0.3, -0.25) is 9.59 Å². The van der Waals surface area contributed by atoms with Gasteiger partial charge in [0.05, 0.1) is 12.2 Å². The molecular weight excluding hydrogens is 438 g/mol. The number of rotatable bonds is 9. The van der Waals surface area contributed by atoms with Crippen molar-refractivity contribution in [2.75, 3.05) is 23.4 Å². The summed E-state index contributed by atoms with van der Waals surface area (Å²) in [5.74, 6) is -0.390. The number of nitrogens with zero attached hydrogens (tertiary/aromatic N) is 1. The second-order valence-corrected chi connectivity index (χ2v) is 8.98. The molecule has 0 fully saturated rings. The van der Waals surface area contributed by atoms with Gasteiger partial charge in [0.1, 0.15) is 6.61 Å². The first kappa shape index (κ1) is 24.5. The zero-order chi connectivity index (χ0) is 24.6. The van der Waals surface area contributed by atoms with Crippen molar-refractivity contribution < 1.29 is 14.3 Å². The number of anilines is 2. The number of carbonyl (C=O) groups excluding carboxylic acids is 2. The smallest absolute Gasteiger partial charge is 0.253 e. The van der Waals surface area contributed by atoms with E-state index in [0.717, 1.165) is 37.2 Å². The quantitative estimate of drug-likeness (QED) is 0.464. The number of hydrogen-bond acceptors (Lipinski definition) is 4. The normalized spacial score (nSPS) is 13.6. The van der Waals surface area contributed by atoms with E-state index in [2.05, 4.69) is 39.8 Å². The third-order valence-electron chi connectivity index (χ3n) is 6.33. The largest absolute Gasteiger partial charge is 0.367 e. The first-order valence-corrected chi connectivity index (χ1v) is 12.2. The zero-order valence-electron chi connectivity index (χ0n) is 20.4. The first-order valence-electron chi connectivity index (χ1n) is 12.2. The van der Waals surface area contributed by atoms with E-state index in [9.17, 15) is 9.59 Å². The fourth-order valence-corrected chi connectivity index (χ4v) is 4.21. The second kappa shape index (κ2) is 11.7. The Morgan fingerprint density at radius 1 is 1.00 bits per heavy atom. The Balaban J connectivity index is 1.48. The minimum absolute atomic E-state index is 0.0575. The lowest BCUT2D eigenvalue weighted by Gasteiger charge is -2.32. The van der Waals surface area contributed by atoms with E-state index in [1.54, 1.807) is 6.07 Å². The van der Waals surface area contributed by atoms with Crippen LogP contribution in [0.2, 0.25) is 0 Å². The number of amides is 2. The highest BCUT2D eigenvalue weighted by molar-refractivity contribution is 6.02. The molecular formula is C29H33N3O3. The molecule has 6 nitrogen and oxygen atoms in total. The highest BCUT2D eigenvalue weighted by Gasteiger charge is 2.22. The molecule has 1 heterocycles. The van der Waals surface area contributed by atoms with Crippen LogP contribution in [0.4, 0.5) is 11.4 Å². The van der Waals surface area contributed by atoms with Crippen LogP contribution in [0.3, 0.4) is 0 Å². The van der Waals surface area contributed by atoms with Gasteiger partial charge in [0.2, 0.25) is 5.91 Å². The van der Waals surface area contributed by atoms with Crippen LogP contribution < -0.4 is 15.5 Å². The summed E-state index contributed by atoms with van der Waals surface area (Å²) < 4.78 is 5.55. The third kappa shape index (κ3) is 6.49. The molecule has 182 valence electrons. The van der Waals surface area contributed by atoms with Crippen LogP contribution in [0.5, 0.6) is 0 Å². The lowest BCUT2D eigenvalue weighted by Crippen LogP contribution is -2.35. The predicted octanol–water partition coefficient (Wildman–Crippen LogP) is 4.93. The maximum atomic E-state index is 13.2. The van der Waals surface area contributed by atoms with Crippen molar-refractivity contribution in [1.82, 2.24) is 5.32 Å². The Kier molecular flexibility index (Phi) is 8.16. The van der Waals surface area contributed by atoms with Crippen LogP contribution in [0.25, 0.3) is 0 Å². The van der Waals surface area contributed by atoms with Crippen molar-refractivity contribution in [3.63, 3.8) is 0 Å². The molecule has 2 amide bonds. The van der Waals surface area contributed by atoms with Gasteiger partial charge in [0.15, 0.2) is 0 Å². The van der Waals surface area contributed by atoms with Crippen LogP contribution in [0, 0.1) is 0 Å². The summed E-state index contributed by atoms with van der Waals surface area (Å²) in [6.45, 7) is 5.92. The fraction of sp³-hybridized carbons (Fsp3) is 0.310. The molecule has 0 radical (unpaired) electrons. The number of benzene rings is 3. The fourth-order valence-electron chi connectivity index (χ4n) is 4.21. The SMILES string of the molecule is CCC(C)NC(=O)c1cc(NC(=O)COCc2ccccc2)ccc1N1CCc2ccccc2C1. The van der Waals surface area contributed by atoms with Gasteiger partial charge in [0.25, 0.3) is 5.91 Å². The molecule has 2 N–H and O–H groups in total. The molecule has 1 aliphatic rings. The number of fused-ring (bicyclic) bond motifs is 1. The summed E-state index contributed by atoms with van der Waals surface area (Å²) in [5.41, 5.74) is 5.66. The monoisotopic (exact) mass is 471 g/mol. The Morgan fingerprint density at radius 2 is 1.74 bits per heavy atom. The summed E-state index contributed by atoms with van der Waals surface area (Å²) in [6.07, 6.45) is 1.77. The Hall–Kier alpha value is -3.64. The molecule has 4 rings (SSSR count). The van der Waals surface area contributed by atoms with Crippen molar-refractivity contribution in [3.8, 4) is 0 Å². The molecule has 0 aliphatic carbocycles. The van der Waals surface area contributed by atoms with Crippen LogP contribution in [0.15, 0.2) is 72.8 Å². The molecule has 0 bridgehead atoms. The summed E-state index contributed by atoms with van der Waals surface area (Å²) in [7, 11) is 0. The minimum atomic E-state index is -0.256. The number of nitrogens with one attached hydrogen (secondary N) is 2. The van der Waals surface area contributed by atoms with Gasteiger partial charge in [-0.05, 0) is 54.7 Å². The molecule has 3 aromatic rings. The maximum Gasteiger partial charge on any atom is 0.253 e. The van der Waals surface area contributed by atoms with E-state index >= 15 is 0 Å². The van der Waals surface area contributed by atoms with Gasteiger partial charge in [0, 0.05) is 30.5 Å². The highest BCUT2D eigenvalue weighted by atomic mass is 16.5.